The Bertz CT molecular complexity index is 780. The standard InChI is InChI=1S/C15H23N5O2/c1-3-20-14(21)12-13(18(2)15(20)22)17-10-19(12)9-7-11-6-4-5-8-16-11/h10-11,16H,3-9H2,1-2H3. The molecule has 1 atom stereocenters. The van der Waals surface area contributed by atoms with Crippen LogP contribution in [0.2, 0.25) is 0 Å². The number of rotatable bonds is 4. The van der Waals surface area contributed by atoms with Gasteiger partial charge in [-0.05, 0) is 32.7 Å². The van der Waals surface area contributed by atoms with Crippen LogP contribution in [0.25, 0.3) is 11.2 Å². The average molecular weight is 305 g/mol. The lowest BCUT2D eigenvalue weighted by atomic mass is 10.0. The van der Waals surface area contributed by atoms with Crippen molar-refractivity contribution in [2.24, 2.45) is 7.05 Å². The Balaban J connectivity index is 1.95. The molecule has 1 fully saturated rings. The van der Waals surface area contributed by atoms with E-state index in [1.165, 1.54) is 28.4 Å². The molecule has 0 saturated carbocycles. The molecule has 0 amide bonds. The summed E-state index contributed by atoms with van der Waals surface area (Å²) >= 11 is 0. The molecule has 0 aromatic carbocycles. The van der Waals surface area contributed by atoms with Crippen LogP contribution in [0.1, 0.15) is 32.6 Å². The first-order chi connectivity index (χ1) is 10.6. The number of hydrogen-bond donors (Lipinski definition) is 1. The van der Waals surface area contributed by atoms with E-state index in [4.69, 9.17) is 0 Å². The van der Waals surface area contributed by atoms with E-state index in [1.54, 1.807) is 20.3 Å². The summed E-state index contributed by atoms with van der Waals surface area (Å²) in [7, 11) is 1.66. The van der Waals surface area contributed by atoms with Crippen LogP contribution < -0.4 is 16.6 Å². The largest absolute Gasteiger partial charge is 0.332 e. The van der Waals surface area contributed by atoms with Crippen molar-refractivity contribution in [1.29, 1.82) is 0 Å². The lowest BCUT2D eigenvalue weighted by Gasteiger charge is -2.23. The van der Waals surface area contributed by atoms with Crippen LogP contribution in [0.3, 0.4) is 0 Å². The summed E-state index contributed by atoms with van der Waals surface area (Å²) < 4.78 is 4.61. The molecule has 1 aliphatic rings. The molecule has 1 saturated heterocycles. The van der Waals surface area contributed by atoms with Crippen LogP contribution >= 0.6 is 0 Å². The van der Waals surface area contributed by atoms with E-state index in [-0.39, 0.29) is 11.2 Å². The fourth-order valence-corrected chi connectivity index (χ4v) is 3.24. The Kier molecular flexibility index (Phi) is 4.15. The molecule has 3 rings (SSSR count). The zero-order valence-electron chi connectivity index (χ0n) is 13.2. The van der Waals surface area contributed by atoms with Gasteiger partial charge in [0.15, 0.2) is 11.2 Å². The lowest BCUT2D eigenvalue weighted by Crippen LogP contribution is -2.39. The third kappa shape index (κ3) is 2.49. The summed E-state index contributed by atoms with van der Waals surface area (Å²) in [5.74, 6) is 0. The van der Waals surface area contributed by atoms with Crippen LogP contribution in [0.5, 0.6) is 0 Å². The van der Waals surface area contributed by atoms with Crippen LogP contribution in [0, 0.1) is 0 Å². The van der Waals surface area contributed by atoms with Gasteiger partial charge in [-0.3, -0.25) is 13.9 Å². The summed E-state index contributed by atoms with van der Waals surface area (Å²) in [4.78, 5) is 28.9. The maximum absolute atomic E-state index is 12.5. The second-order valence-electron chi connectivity index (χ2n) is 5.94. The molecule has 3 heterocycles. The quantitative estimate of drug-likeness (QED) is 0.890. The van der Waals surface area contributed by atoms with E-state index in [0.29, 0.717) is 23.8 Å². The molecule has 1 N–H and O–H groups in total. The number of fused-ring (bicyclic) bond motifs is 1. The van der Waals surface area contributed by atoms with Crippen LogP contribution in [0.4, 0.5) is 0 Å². The summed E-state index contributed by atoms with van der Waals surface area (Å²) in [6.07, 6.45) is 6.34. The minimum absolute atomic E-state index is 0.241. The minimum atomic E-state index is -0.306. The molecule has 0 spiro atoms. The molecule has 0 aliphatic carbocycles. The fourth-order valence-electron chi connectivity index (χ4n) is 3.24. The second kappa shape index (κ2) is 6.08. The van der Waals surface area contributed by atoms with Gasteiger partial charge in [0.05, 0.1) is 6.33 Å². The maximum Gasteiger partial charge on any atom is 0.332 e. The van der Waals surface area contributed by atoms with Gasteiger partial charge in [0.1, 0.15) is 0 Å². The molecule has 22 heavy (non-hydrogen) atoms. The molecule has 2 aromatic heterocycles. The highest BCUT2D eigenvalue weighted by molar-refractivity contribution is 5.69. The summed E-state index contributed by atoms with van der Waals surface area (Å²) in [6.45, 7) is 4.00. The third-order valence-corrected chi connectivity index (χ3v) is 4.55. The van der Waals surface area contributed by atoms with E-state index in [0.717, 1.165) is 19.5 Å². The van der Waals surface area contributed by atoms with Crippen molar-refractivity contribution < 1.29 is 0 Å². The predicted octanol–water partition coefficient (Wildman–Crippen LogP) is 0.449. The predicted molar refractivity (Wildman–Crippen MR) is 85.2 cm³/mol. The Labute approximate surface area is 128 Å². The van der Waals surface area contributed by atoms with Crippen LogP contribution in [0.15, 0.2) is 15.9 Å². The molecule has 7 nitrogen and oxygen atoms in total. The highest BCUT2D eigenvalue weighted by Crippen LogP contribution is 2.13. The van der Waals surface area contributed by atoms with Gasteiger partial charge in [-0.2, -0.15) is 0 Å². The summed E-state index contributed by atoms with van der Waals surface area (Å²) in [5.41, 5.74) is 0.449. The lowest BCUT2D eigenvalue weighted by molar-refractivity contribution is 0.368. The van der Waals surface area contributed by atoms with Gasteiger partial charge in [-0.15, -0.1) is 0 Å². The zero-order chi connectivity index (χ0) is 15.7. The molecular weight excluding hydrogens is 282 g/mol. The topological polar surface area (TPSA) is 73.8 Å². The Morgan fingerprint density at radius 2 is 2.18 bits per heavy atom. The van der Waals surface area contributed by atoms with E-state index < -0.39 is 0 Å². The van der Waals surface area contributed by atoms with Gasteiger partial charge in [0, 0.05) is 26.2 Å². The van der Waals surface area contributed by atoms with Crippen molar-refractivity contribution in [1.82, 2.24) is 24.0 Å². The maximum atomic E-state index is 12.5. The highest BCUT2D eigenvalue weighted by Gasteiger charge is 2.17. The molecular formula is C15H23N5O2. The van der Waals surface area contributed by atoms with Gasteiger partial charge < -0.3 is 9.88 Å². The smallest absolute Gasteiger partial charge is 0.325 e. The first kappa shape index (κ1) is 15.0. The van der Waals surface area contributed by atoms with Crippen molar-refractivity contribution in [3.8, 4) is 0 Å². The van der Waals surface area contributed by atoms with Crippen molar-refractivity contribution in [2.45, 2.75) is 51.7 Å². The summed E-state index contributed by atoms with van der Waals surface area (Å²) in [6, 6.07) is 0.507. The Morgan fingerprint density at radius 3 is 2.86 bits per heavy atom. The Hall–Kier alpha value is -1.89. The van der Waals surface area contributed by atoms with E-state index >= 15 is 0 Å². The van der Waals surface area contributed by atoms with E-state index in [9.17, 15) is 9.59 Å². The van der Waals surface area contributed by atoms with Crippen molar-refractivity contribution in [3.05, 3.63) is 27.2 Å². The highest BCUT2D eigenvalue weighted by atomic mass is 16.2. The van der Waals surface area contributed by atoms with Gasteiger partial charge in [0.2, 0.25) is 0 Å². The number of aromatic nitrogens is 4. The fraction of sp³-hybridized carbons (Fsp3) is 0.667. The summed E-state index contributed by atoms with van der Waals surface area (Å²) in [5, 5.41) is 3.51. The minimum Gasteiger partial charge on any atom is -0.325 e. The van der Waals surface area contributed by atoms with E-state index in [1.807, 2.05) is 4.57 Å². The number of piperidine rings is 1. The van der Waals surface area contributed by atoms with Gasteiger partial charge in [-0.25, -0.2) is 9.78 Å². The monoisotopic (exact) mass is 305 g/mol. The SMILES string of the molecule is CCn1c(=O)c2c(ncn2CCC2CCCCN2)n(C)c1=O. The van der Waals surface area contributed by atoms with Crippen molar-refractivity contribution in [2.75, 3.05) is 6.54 Å². The van der Waals surface area contributed by atoms with Gasteiger partial charge >= 0.3 is 5.69 Å². The average Bonchev–Trinajstić information content (AvgIpc) is 2.97. The molecule has 1 unspecified atom stereocenters. The molecule has 0 bridgehead atoms. The van der Waals surface area contributed by atoms with Gasteiger partial charge in [0.25, 0.3) is 5.56 Å². The Morgan fingerprint density at radius 1 is 1.36 bits per heavy atom. The third-order valence-electron chi connectivity index (χ3n) is 4.55. The van der Waals surface area contributed by atoms with Gasteiger partial charge in [-0.1, -0.05) is 6.42 Å². The molecule has 1 aliphatic heterocycles. The first-order valence-corrected chi connectivity index (χ1v) is 8.01. The normalized spacial score (nSPS) is 18.9. The van der Waals surface area contributed by atoms with Crippen LogP contribution in [-0.4, -0.2) is 31.3 Å². The van der Waals surface area contributed by atoms with Crippen molar-refractivity contribution in [3.63, 3.8) is 0 Å². The molecule has 0 radical (unpaired) electrons. The zero-order valence-corrected chi connectivity index (χ0v) is 13.2. The van der Waals surface area contributed by atoms with Crippen LogP contribution in [-0.2, 0) is 20.1 Å². The van der Waals surface area contributed by atoms with E-state index in [2.05, 4.69) is 10.3 Å². The van der Waals surface area contributed by atoms with Crippen molar-refractivity contribution >= 4 is 11.2 Å². The second-order valence-corrected chi connectivity index (χ2v) is 5.94. The first-order valence-electron chi connectivity index (χ1n) is 8.01. The number of aryl methyl sites for hydroxylation is 2. The molecule has 7 heteroatoms. The number of nitrogens with one attached hydrogen (secondary N) is 1. The number of imidazole rings is 1. The molecule has 120 valence electrons. The number of hydrogen-bond acceptors (Lipinski definition) is 4. The number of nitrogens with zero attached hydrogens (tertiary/aromatic N) is 4. The molecule has 2 aromatic rings.